The monoisotopic (exact) mass is 228 g/mol. The van der Waals surface area contributed by atoms with Gasteiger partial charge in [-0.05, 0) is 31.8 Å². The highest BCUT2D eigenvalue weighted by atomic mass is 16.4. The molecule has 1 atom stereocenters. The summed E-state index contributed by atoms with van der Waals surface area (Å²) in [4.78, 5) is 22.2. The topological polar surface area (TPSA) is 78.4 Å². The van der Waals surface area contributed by atoms with Crippen LogP contribution in [0.15, 0.2) is 0 Å². The Morgan fingerprint density at radius 1 is 1.50 bits per heavy atom. The highest BCUT2D eigenvalue weighted by Crippen LogP contribution is 2.31. The molecule has 3 N–H and O–H groups in total. The van der Waals surface area contributed by atoms with E-state index in [-0.39, 0.29) is 18.4 Å². The molecule has 0 aromatic heterocycles. The average molecular weight is 228 g/mol. The second-order valence-electron chi connectivity index (χ2n) is 4.84. The van der Waals surface area contributed by atoms with E-state index < -0.39 is 11.4 Å². The summed E-state index contributed by atoms with van der Waals surface area (Å²) in [6.45, 7) is 5.28. The number of aliphatic carboxylic acids is 1. The molecule has 1 aliphatic rings. The van der Waals surface area contributed by atoms with E-state index in [0.29, 0.717) is 0 Å². The summed E-state index contributed by atoms with van der Waals surface area (Å²) in [5, 5.41) is 14.2. The third kappa shape index (κ3) is 3.20. The minimum absolute atomic E-state index is 0.177. The van der Waals surface area contributed by atoms with Crippen LogP contribution in [0.1, 0.15) is 26.7 Å². The maximum Gasteiger partial charge on any atom is 0.322 e. The van der Waals surface area contributed by atoms with Gasteiger partial charge >= 0.3 is 5.97 Å². The van der Waals surface area contributed by atoms with Crippen molar-refractivity contribution in [3.05, 3.63) is 0 Å². The van der Waals surface area contributed by atoms with E-state index >= 15 is 0 Å². The van der Waals surface area contributed by atoms with Gasteiger partial charge in [0.1, 0.15) is 6.54 Å². The molecule has 5 nitrogen and oxygen atoms in total. The Kier molecular flexibility index (Phi) is 4.29. The van der Waals surface area contributed by atoms with Crippen LogP contribution < -0.4 is 10.6 Å². The normalized spacial score (nSPS) is 21.5. The van der Waals surface area contributed by atoms with Crippen molar-refractivity contribution in [3.8, 4) is 0 Å². The number of nitrogens with one attached hydrogen (secondary N) is 2. The zero-order valence-corrected chi connectivity index (χ0v) is 9.88. The predicted molar refractivity (Wildman–Crippen MR) is 60.0 cm³/mol. The molecule has 1 amide bonds. The summed E-state index contributed by atoms with van der Waals surface area (Å²) >= 11 is 0. The highest BCUT2D eigenvalue weighted by molar-refractivity contribution is 5.85. The number of piperidine rings is 1. The summed E-state index contributed by atoms with van der Waals surface area (Å²) in [5.41, 5.74) is -0.511. The molecule has 1 heterocycles. The van der Waals surface area contributed by atoms with E-state index in [9.17, 15) is 9.59 Å². The molecule has 0 radical (unpaired) electrons. The van der Waals surface area contributed by atoms with E-state index in [4.69, 9.17) is 5.11 Å². The van der Waals surface area contributed by atoms with Crippen LogP contribution >= 0.6 is 0 Å². The Balaban J connectivity index is 2.53. The SMILES string of the molecule is CC(C)(C(=O)NCC(=O)O)C1CCCNC1. The fourth-order valence-electron chi connectivity index (χ4n) is 2.04. The van der Waals surface area contributed by atoms with Gasteiger partial charge in [0.15, 0.2) is 0 Å². The summed E-state index contributed by atoms with van der Waals surface area (Å²) < 4.78 is 0. The van der Waals surface area contributed by atoms with E-state index in [1.807, 2.05) is 13.8 Å². The fourth-order valence-corrected chi connectivity index (χ4v) is 2.04. The lowest BCUT2D eigenvalue weighted by atomic mass is 9.74. The molecule has 0 aromatic carbocycles. The number of carboxylic acid groups (broad SMARTS) is 1. The largest absolute Gasteiger partial charge is 0.480 e. The molecule has 1 aliphatic heterocycles. The lowest BCUT2D eigenvalue weighted by Gasteiger charge is -2.35. The van der Waals surface area contributed by atoms with Gasteiger partial charge in [0.25, 0.3) is 0 Å². The van der Waals surface area contributed by atoms with Crippen LogP contribution in [0.3, 0.4) is 0 Å². The van der Waals surface area contributed by atoms with Crippen molar-refractivity contribution in [2.75, 3.05) is 19.6 Å². The van der Waals surface area contributed by atoms with Gasteiger partial charge in [-0.25, -0.2) is 0 Å². The fraction of sp³-hybridized carbons (Fsp3) is 0.818. The van der Waals surface area contributed by atoms with Crippen LogP contribution in [0.25, 0.3) is 0 Å². The molecule has 0 saturated carbocycles. The standard InChI is InChI=1S/C11H20N2O3/c1-11(2,8-4-3-5-12-6-8)10(16)13-7-9(14)15/h8,12H,3-7H2,1-2H3,(H,13,16)(H,14,15). The lowest BCUT2D eigenvalue weighted by Crippen LogP contribution is -2.48. The van der Waals surface area contributed by atoms with Crippen molar-refractivity contribution in [3.63, 3.8) is 0 Å². The second-order valence-corrected chi connectivity index (χ2v) is 4.84. The van der Waals surface area contributed by atoms with Crippen molar-refractivity contribution >= 4 is 11.9 Å². The van der Waals surface area contributed by atoms with Gasteiger partial charge in [-0.1, -0.05) is 13.8 Å². The molecular formula is C11H20N2O3. The van der Waals surface area contributed by atoms with Gasteiger partial charge in [-0.2, -0.15) is 0 Å². The summed E-state index contributed by atoms with van der Waals surface area (Å²) in [6, 6.07) is 0. The smallest absolute Gasteiger partial charge is 0.322 e. The first-order valence-electron chi connectivity index (χ1n) is 5.65. The highest BCUT2D eigenvalue weighted by Gasteiger charge is 2.37. The first-order valence-corrected chi connectivity index (χ1v) is 5.65. The Hall–Kier alpha value is -1.10. The number of hydrogen-bond donors (Lipinski definition) is 3. The number of carbonyl (C=O) groups excluding carboxylic acids is 1. The molecule has 1 rings (SSSR count). The van der Waals surface area contributed by atoms with Gasteiger partial charge in [0.2, 0.25) is 5.91 Å². The minimum Gasteiger partial charge on any atom is -0.480 e. The second kappa shape index (κ2) is 5.30. The number of rotatable bonds is 4. The van der Waals surface area contributed by atoms with E-state index in [1.165, 1.54) is 0 Å². The van der Waals surface area contributed by atoms with Crippen LogP contribution in [0, 0.1) is 11.3 Å². The van der Waals surface area contributed by atoms with Gasteiger partial charge < -0.3 is 15.7 Å². The molecule has 0 bridgehead atoms. The van der Waals surface area contributed by atoms with E-state index in [2.05, 4.69) is 10.6 Å². The minimum atomic E-state index is -1.01. The molecule has 5 heteroatoms. The molecule has 1 fully saturated rings. The molecule has 0 aliphatic carbocycles. The van der Waals surface area contributed by atoms with Crippen LogP contribution in [0.5, 0.6) is 0 Å². The Labute approximate surface area is 95.6 Å². The van der Waals surface area contributed by atoms with Crippen molar-refractivity contribution < 1.29 is 14.7 Å². The first kappa shape index (κ1) is 13.0. The van der Waals surface area contributed by atoms with Gasteiger partial charge in [-0.3, -0.25) is 9.59 Å². The lowest BCUT2D eigenvalue weighted by molar-refractivity contribution is -0.140. The third-order valence-electron chi connectivity index (χ3n) is 3.30. The third-order valence-corrected chi connectivity index (χ3v) is 3.30. The van der Waals surface area contributed by atoms with Crippen LogP contribution in [-0.4, -0.2) is 36.6 Å². The maximum atomic E-state index is 11.9. The quantitative estimate of drug-likeness (QED) is 0.643. The van der Waals surface area contributed by atoms with Crippen LogP contribution in [-0.2, 0) is 9.59 Å². The first-order chi connectivity index (χ1) is 7.44. The van der Waals surface area contributed by atoms with E-state index in [0.717, 1.165) is 25.9 Å². The maximum absolute atomic E-state index is 11.9. The Morgan fingerprint density at radius 3 is 2.69 bits per heavy atom. The molecule has 0 aromatic rings. The number of amides is 1. The van der Waals surface area contributed by atoms with Crippen LogP contribution in [0.4, 0.5) is 0 Å². The van der Waals surface area contributed by atoms with Crippen molar-refractivity contribution in [2.45, 2.75) is 26.7 Å². The molecule has 92 valence electrons. The Bertz CT molecular complexity index is 270. The van der Waals surface area contributed by atoms with Gasteiger partial charge in [-0.15, -0.1) is 0 Å². The van der Waals surface area contributed by atoms with Gasteiger partial charge in [0.05, 0.1) is 0 Å². The summed E-state index contributed by atoms with van der Waals surface area (Å²) in [5.74, 6) is -0.912. The van der Waals surface area contributed by atoms with Crippen molar-refractivity contribution in [1.29, 1.82) is 0 Å². The number of carboxylic acids is 1. The van der Waals surface area contributed by atoms with Crippen molar-refractivity contribution in [2.24, 2.45) is 11.3 Å². The molecular weight excluding hydrogens is 208 g/mol. The summed E-state index contributed by atoms with van der Waals surface area (Å²) in [7, 11) is 0. The predicted octanol–water partition coefficient (Wildman–Crippen LogP) is 0.213. The summed E-state index contributed by atoms with van der Waals surface area (Å²) in [6.07, 6.45) is 2.08. The molecule has 16 heavy (non-hydrogen) atoms. The zero-order valence-electron chi connectivity index (χ0n) is 9.88. The average Bonchev–Trinajstić information content (AvgIpc) is 2.27. The molecule has 1 unspecified atom stereocenters. The van der Waals surface area contributed by atoms with Gasteiger partial charge in [0, 0.05) is 5.41 Å². The van der Waals surface area contributed by atoms with Crippen LogP contribution in [0.2, 0.25) is 0 Å². The van der Waals surface area contributed by atoms with Crippen molar-refractivity contribution in [1.82, 2.24) is 10.6 Å². The molecule has 0 spiro atoms. The molecule has 1 saturated heterocycles. The zero-order chi connectivity index (χ0) is 12.2. The van der Waals surface area contributed by atoms with E-state index in [1.54, 1.807) is 0 Å². The number of hydrogen-bond acceptors (Lipinski definition) is 3. The Morgan fingerprint density at radius 2 is 2.19 bits per heavy atom. The number of carbonyl (C=O) groups is 2.